The molecule has 3 rings (SSSR count). The number of methoxy groups -OCH3 is 1. The molecule has 0 aliphatic rings. The minimum Gasteiger partial charge on any atom is -0.493 e. The van der Waals surface area contributed by atoms with Crippen molar-refractivity contribution >= 4 is 12.1 Å². The lowest BCUT2D eigenvalue weighted by Gasteiger charge is -2.16. The van der Waals surface area contributed by atoms with Crippen molar-refractivity contribution in [3.8, 4) is 17.2 Å². The zero-order valence-electron chi connectivity index (χ0n) is 19.2. The Balaban J connectivity index is 1.53. The van der Waals surface area contributed by atoms with Crippen LogP contribution in [0.3, 0.4) is 0 Å². The van der Waals surface area contributed by atoms with E-state index in [0.29, 0.717) is 36.2 Å². The molecular weight excluding hydrogens is 418 g/mol. The summed E-state index contributed by atoms with van der Waals surface area (Å²) in [5, 5.41) is 4.00. The number of ether oxygens (including phenoxy) is 3. The van der Waals surface area contributed by atoms with Crippen LogP contribution in [0.1, 0.15) is 47.7 Å². The molecule has 0 saturated heterocycles. The Kier molecular flexibility index (Phi) is 8.82. The molecule has 0 saturated carbocycles. The fraction of sp³-hybridized carbons (Fsp3) is 0.269. The lowest BCUT2D eigenvalue weighted by Crippen LogP contribution is -2.17. The third-order valence-corrected chi connectivity index (χ3v) is 5.17. The molecule has 0 unspecified atom stereocenters. The topological polar surface area (TPSA) is 82.0 Å². The van der Waals surface area contributed by atoms with Gasteiger partial charge in [0.2, 0.25) is 0 Å². The van der Waals surface area contributed by atoms with Crippen molar-refractivity contribution in [2.24, 2.45) is 5.10 Å². The van der Waals surface area contributed by atoms with Crippen molar-refractivity contribution in [2.45, 2.75) is 26.2 Å². The van der Waals surface area contributed by atoms with Gasteiger partial charge >= 0.3 is 0 Å². The van der Waals surface area contributed by atoms with E-state index in [1.54, 1.807) is 50.0 Å². The van der Waals surface area contributed by atoms with Gasteiger partial charge in [-0.3, -0.25) is 9.78 Å². The van der Waals surface area contributed by atoms with Crippen molar-refractivity contribution in [3.05, 3.63) is 83.7 Å². The van der Waals surface area contributed by atoms with Crippen LogP contribution in [0.25, 0.3) is 0 Å². The number of benzene rings is 2. The number of nitrogens with one attached hydrogen (secondary N) is 1. The number of hydrazone groups is 1. The molecule has 0 radical (unpaired) electrons. The highest BCUT2D eigenvalue weighted by Gasteiger charge is 2.10. The first kappa shape index (κ1) is 23.8. The summed E-state index contributed by atoms with van der Waals surface area (Å²) in [7, 11) is 1.58. The predicted molar refractivity (Wildman–Crippen MR) is 128 cm³/mol. The number of pyridine rings is 1. The monoisotopic (exact) mass is 447 g/mol. The van der Waals surface area contributed by atoms with Crippen LogP contribution in [0.4, 0.5) is 0 Å². The average molecular weight is 448 g/mol. The van der Waals surface area contributed by atoms with E-state index in [2.05, 4.69) is 35.4 Å². The van der Waals surface area contributed by atoms with Gasteiger partial charge in [-0.25, -0.2) is 5.43 Å². The maximum absolute atomic E-state index is 12.0. The van der Waals surface area contributed by atoms with Gasteiger partial charge in [-0.2, -0.15) is 5.10 Å². The van der Waals surface area contributed by atoms with Gasteiger partial charge in [-0.1, -0.05) is 32.0 Å². The van der Waals surface area contributed by atoms with Gasteiger partial charge in [0.1, 0.15) is 19.0 Å². The molecule has 33 heavy (non-hydrogen) atoms. The SMILES string of the molecule is CC[C@@H](C)c1ccccc1OCCOc1ccc(/C=N\NC(=O)c2ccncc2)cc1OC. The number of nitrogens with zero attached hydrogens (tertiary/aromatic N) is 2. The molecule has 172 valence electrons. The first-order chi connectivity index (χ1) is 16.1. The number of hydrogen-bond donors (Lipinski definition) is 1. The molecule has 0 fully saturated rings. The van der Waals surface area contributed by atoms with E-state index in [9.17, 15) is 4.79 Å². The average Bonchev–Trinajstić information content (AvgIpc) is 2.87. The fourth-order valence-corrected chi connectivity index (χ4v) is 3.16. The van der Waals surface area contributed by atoms with Crippen LogP contribution < -0.4 is 19.6 Å². The van der Waals surface area contributed by atoms with Crippen molar-refractivity contribution in [2.75, 3.05) is 20.3 Å². The third-order valence-electron chi connectivity index (χ3n) is 5.17. The molecule has 0 aliphatic carbocycles. The second-order valence-electron chi connectivity index (χ2n) is 7.39. The number of carbonyl (C=O) groups is 1. The molecule has 1 heterocycles. The Hall–Kier alpha value is -3.87. The van der Waals surface area contributed by atoms with E-state index in [1.165, 1.54) is 5.56 Å². The van der Waals surface area contributed by atoms with E-state index in [-0.39, 0.29) is 5.91 Å². The number of carbonyl (C=O) groups excluding carboxylic acids is 1. The van der Waals surface area contributed by atoms with Crippen molar-refractivity contribution in [1.82, 2.24) is 10.4 Å². The van der Waals surface area contributed by atoms with Crippen LogP contribution in [-0.2, 0) is 0 Å². The maximum atomic E-state index is 12.0. The van der Waals surface area contributed by atoms with Crippen LogP contribution in [0.5, 0.6) is 17.2 Å². The number of amides is 1. The molecule has 1 aromatic heterocycles. The summed E-state index contributed by atoms with van der Waals surface area (Å²) in [6.07, 6.45) is 5.70. The minimum atomic E-state index is -0.310. The van der Waals surface area contributed by atoms with Gasteiger partial charge < -0.3 is 14.2 Å². The van der Waals surface area contributed by atoms with Crippen molar-refractivity contribution in [3.63, 3.8) is 0 Å². The molecule has 1 atom stereocenters. The quantitative estimate of drug-likeness (QED) is 0.259. The lowest BCUT2D eigenvalue weighted by molar-refractivity contribution is 0.0955. The highest BCUT2D eigenvalue weighted by Crippen LogP contribution is 2.29. The molecular formula is C26H29N3O4. The first-order valence-corrected chi connectivity index (χ1v) is 10.9. The Bertz CT molecular complexity index is 1070. The smallest absolute Gasteiger partial charge is 0.271 e. The zero-order chi connectivity index (χ0) is 23.5. The Morgan fingerprint density at radius 2 is 1.76 bits per heavy atom. The minimum absolute atomic E-state index is 0.310. The van der Waals surface area contributed by atoms with E-state index in [4.69, 9.17) is 14.2 Å². The first-order valence-electron chi connectivity index (χ1n) is 10.9. The summed E-state index contributed by atoms with van der Waals surface area (Å²) in [5.74, 6) is 2.19. The van der Waals surface area contributed by atoms with E-state index in [1.807, 2.05) is 24.3 Å². The predicted octanol–water partition coefficient (Wildman–Crippen LogP) is 4.83. The summed E-state index contributed by atoms with van der Waals surface area (Å²) in [6, 6.07) is 16.8. The highest BCUT2D eigenvalue weighted by atomic mass is 16.5. The van der Waals surface area contributed by atoms with Gasteiger partial charge in [0.25, 0.3) is 5.91 Å². The number of aromatic nitrogens is 1. The molecule has 0 bridgehead atoms. The van der Waals surface area contributed by atoms with E-state index < -0.39 is 0 Å². The molecule has 3 aromatic rings. The largest absolute Gasteiger partial charge is 0.493 e. The van der Waals surface area contributed by atoms with Gasteiger partial charge in [-0.15, -0.1) is 0 Å². The fourth-order valence-electron chi connectivity index (χ4n) is 3.16. The van der Waals surface area contributed by atoms with Crippen LogP contribution >= 0.6 is 0 Å². The van der Waals surface area contributed by atoms with E-state index in [0.717, 1.165) is 17.7 Å². The second-order valence-corrected chi connectivity index (χ2v) is 7.39. The standard InChI is InChI=1S/C26H29N3O4/c1-4-19(2)22-7-5-6-8-23(22)32-15-16-33-24-10-9-20(17-25(24)31-3)18-28-29-26(30)21-11-13-27-14-12-21/h5-14,17-19H,4,15-16H2,1-3H3,(H,29,30)/b28-18-/t19-/m1/s1. The van der Waals surface area contributed by atoms with Gasteiger partial charge in [0, 0.05) is 18.0 Å². The van der Waals surface area contributed by atoms with Crippen molar-refractivity contribution in [1.29, 1.82) is 0 Å². The zero-order valence-corrected chi connectivity index (χ0v) is 19.2. The Morgan fingerprint density at radius 3 is 2.48 bits per heavy atom. The normalized spacial score (nSPS) is 11.7. The summed E-state index contributed by atoms with van der Waals surface area (Å²) in [6.45, 7) is 5.15. The molecule has 7 nitrogen and oxygen atoms in total. The lowest BCUT2D eigenvalue weighted by atomic mass is 9.98. The number of rotatable bonds is 11. The number of para-hydroxylation sites is 1. The van der Waals surface area contributed by atoms with Crippen molar-refractivity contribution < 1.29 is 19.0 Å². The molecule has 0 spiro atoms. The summed E-state index contributed by atoms with van der Waals surface area (Å²) < 4.78 is 17.3. The Morgan fingerprint density at radius 1 is 1.03 bits per heavy atom. The van der Waals surface area contributed by atoms with Crippen LogP contribution in [-0.4, -0.2) is 37.4 Å². The third kappa shape index (κ3) is 6.80. The summed E-state index contributed by atoms with van der Waals surface area (Å²) in [4.78, 5) is 15.9. The van der Waals surface area contributed by atoms with Gasteiger partial charge in [0.15, 0.2) is 11.5 Å². The molecule has 0 aliphatic heterocycles. The maximum Gasteiger partial charge on any atom is 0.271 e. The Labute approximate surface area is 194 Å². The van der Waals surface area contributed by atoms with E-state index >= 15 is 0 Å². The molecule has 1 amide bonds. The van der Waals surface area contributed by atoms with Crippen LogP contribution in [0.15, 0.2) is 72.1 Å². The summed E-state index contributed by atoms with van der Waals surface area (Å²) in [5.41, 5.74) is 4.93. The number of hydrogen-bond acceptors (Lipinski definition) is 6. The summed E-state index contributed by atoms with van der Waals surface area (Å²) >= 11 is 0. The molecule has 7 heteroatoms. The van der Waals surface area contributed by atoms with Gasteiger partial charge in [-0.05, 0) is 59.9 Å². The highest BCUT2D eigenvalue weighted by molar-refractivity contribution is 5.94. The van der Waals surface area contributed by atoms with Crippen LogP contribution in [0.2, 0.25) is 0 Å². The molecule has 1 N–H and O–H groups in total. The second kappa shape index (κ2) is 12.2. The molecule has 2 aromatic carbocycles. The van der Waals surface area contributed by atoms with Gasteiger partial charge in [0.05, 0.1) is 13.3 Å². The van der Waals surface area contributed by atoms with Crippen LogP contribution in [0, 0.1) is 0 Å².